The van der Waals surface area contributed by atoms with E-state index >= 15 is 0 Å². The van der Waals surface area contributed by atoms with Gasteiger partial charge in [-0.15, -0.1) is 0 Å². The van der Waals surface area contributed by atoms with Crippen LogP contribution >= 0.6 is 0 Å². The summed E-state index contributed by atoms with van der Waals surface area (Å²) in [6, 6.07) is 11.6. The molecular formula is C17H22N2O. The monoisotopic (exact) mass is 270 g/mol. The maximum Gasteiger partial charge on any atom is 0.242 e. The maximum atomic E-state index is 12.4. The molecule has 1 N–H and O–H groups in total. The van der Waals surface area contributed by atoms with Crippen molar-refractivity contribution in [1.82, 2.24) is 5.32 Å². The van der Waals surface area contributed by atoms with Crippen molar-refractivity contribution >= 4 is 5.91 Å². The third-order valence-electron chi connectivity index (χ3n) is 4.56. The van der Waals surface area contributed by atoms with E-state index < -0.39 is 5.92 Å². The number of amides is 1. The van der Waals surface area contributed by atoms with Crippen molar-refractivity contribution in [2.24, 2.45) is 11.8 Å². The van der Waals surface area contributed by atoms with Gasteiger partial charge in [0, 0.05) is 6.04 Å². The van der Waals surface area contributed by atoms with Crippen LogP contribution in [0.3, 0.4) is 0 Å². The van der Waals surface area contributed by atoms with Crippen LogP contribution in [-0.4, -0.2) is 11.9 Å². The van der Waals surface area contributed by atoms with Gasteiger partial charge in [-0.25, -0.2) is 0 Å². The number of nitrogens with zero attached hydrogens (tertiary/aromatic N) is 1. The molecule has 1 aromatic carbocycles. The lowest BCUT2D eigenvalue weighted by Gasteiger charge is -2.35. The van der Waals surface area contributed by atoms with Gasteiger partial charge in [0.25, 0.3) is 0 Å². The van der Waals surface area contributed by atoms with Gasteiger partial charge in [0.1, 0.15) is 5.92 Å². The van der Waals surface area contributed by atoms with Crippen molar-refractivity contribution in [3.63, 3.8) is 0 Å². The fourth-order valence-electron chi connectivity index (χ4n) is 2.98. The summed E-state index contributed by atoms with van der Waals surface area (Å²) >= 11 is 0. The number of carbonyl (C=O) groups is 1. The predicted octanol–water partition coefficient (Wildman–Crippen LogP) is 3.23. The molecule has 106 valence electrons. The van der Waals surface area contributed by atoms with E-state index in [1.54, 1.807) is 0 Å². The Balaban J connectivity index is 2.05. The third-order valence-corrected chi connectivity index (χ3v) is 4.56. The van der Waals surface area contributed by atoms with Crippen LogP contribution < -0.4 is 5.32 Å². The first-order valence-electron chi connectivity index (χ1n) is 7.38. The van der Waals surface area contributed by atoms with E-state index in [0.29, 0.717) is 11.8 Å². The fourth-order valence-corrected chi connectivity index (χ4v) is 2.98. The van der Waals surface area contributed by atoms with Gasteiger partial charge in [0.15, 0.2) is 0 Å². The minimum absolute atomic E-state index is 0.162. The number of hydrogen-bond acceptors (Lipinski definition) is 2. The molecule has 4 atom stereocenters. The standard InChI is InChI=1S/C17H22N2O/c1-12-7-6-10-16(13(12)2)19-17(20)15(11-18)14-8-4-3-5-9-14/h3-5,8-9,12-13,15-16H,6-7,10H2,1-2H3,(H,19,20). The largest absolute Gasteiger partial charge is 0.352 e. The van der Waals surface area contributed by atoms with E-state index in [-0.39, 0.29) is 11.9 Å². The van der Waals surface area contributed by atoms with Gasteiger partial charge in [-0.05, 0) is 23.8 Å². The lowest BCUT2D eigenvalue weighted by atomic mass is 9.78. The van der Waals surface area contributed by atoms with E-state index in [1.165, 1.54) is 6.42 Å². The molecule has 1 aliphatic carbocycles. The summed E-state index contributed by atoms with van der Waals surface area (Å²) in [5, 5.41) is 12.4. The number of nitriles is 1. The van der Waals surface area contributed by atoms with Gasteiger partial charge in [-0.2, -0.15) is 5.26 Å². The summed E-state index contributed by atoms with van der Waals surface area (Å²) in [5.41, 5.74) is 0.768. The highest BCUT2D eigenvalue weighted by atomic mass is 16.1. The highest BCUT2D eigenvalue weighted by Crippen LogP contribution is 2.30. The molecule has 0 bridgehead atoms. The summed E-state index contributed by atoms with van der Waals surface area (Å²) in [5.74, 6) is 0.236. The van der Waals surface area contributed by atoms with E-state index in [2.05, 4.69) is 25.2 Å². The third kappa shape index (κ3) is 3.19. The van der Waals surface area contributed by atoms with Crippen LogP contribution in [0.25, 0.3) is 0 Å². The highest BCUT2D eigenvalue weighted by Gasteiger charge is 2.30. The molecule has 4 unspecified atom stereocenters. The molecule has 1 fully saturated rings. The SMILES string of the molecule is CC1CCCC(NC(=O)C(C#N)c2ccccc2)C1C. The second kappa shape index (κ2) is 6.56. The van der Waals surface area contributed by atoms with Gasteiger partial charge in [0.05, 0.1) is 6.07 Å². The first kappa shape index (κ1) is 14.6. The molecule has 3 heteroatoms. The molecule has 0 aliphatic heterocycles. The van der Waals surface area contributed by atoms with Gasteiger partial charge >= 0.3 is 0 Å². The summed E-state index contributed by atoms with van der Waals surface area (Å²) in [4.78, 5) is 12.4. The van der Waals surface area contributed by atoms with Crippen LogP contribution in [0.2, 0.25) is 0 Å². The van der Waals surface area contributed by atoms with Crippen LogP contribution in [0.4, 0.5) is 0 Å². The van der Waals surface area contributed by atoms with E-state index in [1.807, 2.05) is 30.3 Å². The zero-order valence-electron chi connectivity index (χ0n) is 12.2. The number of hydrogen-bond donors (Lipinski definition) is 1. The van der Waals surface area contributed by atoms with Crippen molar-refractivity contribution in [2.45, 2.75) is 45.1 Å². The van der Waals surface area contributed by atoms with E-state index in [4.69, 9.17) is 0 Å². The molecule has 3 nitrogen and oxygen atoms in total. The highest BCUT2D eigenvalue weighted by molar-refractivity contribution is 5.86. The Morgan fingerprint density at radius 3 is 2.65 bits per heavy atom. The second-order valence-corrected chi connectivity index (χ2v) is 5.86. The molecule has 0 heterocycles. The van der Waals surface area contributed by atoms with Crippen LogP contribution in [0.1, 0.15) is 44.6 Å². The molecule has 0 aromatic heterocycles. The van der Waals surface area contributed by atoms with Gasteiger partial charge in [-0.1, -0.05) is 57.0 Å². The molecule has 1 saturated carbocycles. The van der Waals surface area contributed by atoms with Crippen LogP contribution in [0.15, 0.2) is 30.3 Å². The Morgan fingerprint density at radius 2 is 2.00 bits per heavy atom. The van der Waals surface area contributed by atoms with E-state index in [9.17, 15) is 10.1 Å². The number of nitrogens with one attached hydrogen (secondary N) is 1. The molecule has 1 amide bonds. The molecule has 0 spiro atoms. The topological polar surface area (TPSA) is 52.9 Å². The molecule has 1 aliphatic rings. The van der Waals surface area contributed by atoms with Crippen molar-refractivity contribution in [3.8, 4) is 6.07 Å². The van der Waals surface area contributed by atoms with Crippen molar-refractivity contribution in [3.05, 3.63) is 35.9 Å². The molecule has 2 rings (SSSR count). The number of benzene rings is 1. The maximum absolute atomic E-state index is 12.4. The number of rotatable bonds is 3. The lowest BCUT2D eigenvalue weighted by Crippen LogP contribution is -2.45. The quantitative estimate of drug-likeness (QED) is 0.916. The summed E-state index contributed by atoms with van der Waals surface area (Å²) in [6.45, 7) is 4.43. The Kier molecular flexibility index (Phi) is 4.79. The van der Waals surface area contributed by atoms with Gasteiger partial charge in [-0.3, -0.25) is 4.79 Å². The average molecular weight is 270 g/mol. The Labute approximate surface area is 121 Å². The zero-order valence-corrected chi connectivity index (χ0v) is 12.2. The zero-order chi connectivity index (χ0) is 14.5. The first-order chi connectivity index (χ1) is 9.63. The lowest BCUT2D eigenvalue weighted by molar-refractivity contribution is -0.122. The van der Waals surface area contributed by atoms with Crippen LogP contribution in [-0.2, 0) is 4.79 Å². The second-order valence-electron chi connectivity index (χ2n) is 5.86. The molecular weight excluding hydrogens is 248 g/mol. The first-order valence-corrected chi connectivity index (χ1v) is 7.38. The summed E-state index contributed by atoms with van der Waals surface area (Å²) in [6.07, 6.45) is 3.40. The van der Waals surface area contributed by atoms with E-state index in [0.717, 1.165) is 18.4 Å². The van der Waals surface area contributed by atoms with Crippen molar-refractivity contribution < 1.29 is 4.79 Å². The summed E-state index contributed by atoms with van der Waals surface area (Å²) in [7, 11) is 0. The fraction of sp³-hybridized carbons (Fsp3) is 0.529. The molecule has 1 aromatic rings. The Bertz CT molecular complexity index is 491. The van der Waals surface area contributed by atoms with Crippen molar-refractivity contribution in [1.29, 1.82) is 5.26 Å². The molecule has 0 saturated heterocycles. The Hall–Kier alpha value is -1.82. The van der Waals surface area contributed by atoms with Crippen LogP contribution in [0.5, 0.6) is 0 Å². The smallest absolute Gasteiger partial charge is 0.242 e. The Morgan fingerprint density at radius 1 is 1.30 bits per heavy atom. The van der Waals surface area contributed by atoms with Gasteiger partial charge in [0.2, 0.25) is 5.91 Å². The van der Waals surface area contributed by atoms with Crippen molar-refractivity contribution in [2.75, 3.05) is 0 Å². The molecule has 20 heavy (non-hydrogen) atoms. The van der Waals surface area contributed by atoms with Gasteiger partial charge < -0.3 is 5.32 Å². The predicted molar refractivity (Wildman–Crippen MR) is 78.9 cm³/mol. The normalized spacial score (nSPS) is 27.4. The summed E-state index contributed by atoms with van der Waals surface area (Å²) < 4.78 is 0. The minimum atomic E-state index is -0.708. The van der Waals surface area contributed by atoms with Crippen LogP contribution in [0, 0.1) is 23.2 Å². The minimum Gasteiger partial charge on any atom is -0.352 e. The molecule has 0 radical (unpaired) electrons. The number of carbonyl (C=O) groups excluding carboxylic acids is 1. The average Bonchev–Trinajstić information content (AvgIpc) is 2.46.